The van der Waals surface area contributed by atoms with Crippen LogP contribution in [0.15, 0.2) is 48.5 Å². The molecule has 0 heterocycles. The van der Waals surface area contributed by atoms with Crippen LogP contribution in [0.4, 0.5) is 0 Å². The predicted molar refractivity (Wildman–Crippen MR) is 88.0 cm³/mol. The minimum Gasteiger partial charge on any atom is -0.481 e. The van der Waals surface area contributed by atoms with Crippen molar-refractivity contribution in [1.29, 1.82) is 0 Å². The van der Waals surface area contributed by atoms with Gasteiger partial charge in [-0.05, 0) is 48.1 Å². The second kappa shape index (κ2) is 7.97. The van der Waals surface area contributed by atoms with E-state index in [1.807, 2.05) is 48.5 Å². The lowest BCUT2D eigenvalue weighted by atomic mass is 9.99. The van der Waals surface area contributed by atoms with Crippen molar-refractivity contribution in [1.82, 2.24) is 0 Å². The van der Waals surface area contributed by atoms with Gasteiger partial charge in [-0.1, -0.05) is 48.0 Å². The molecule has 0 spiro atoms. The molecule has 0 fully saturated rings. The standard InChI is InChI=1S/C18H19ClO3/c19-16-11-9-14(10-12-16)13-5-7-15(8-6-13)17(20)3-1-2-4-18(21)22/h5-12,17,20H,1-4H2,(H,21,22)/t17-/m1/s1. The van der Waals surface area contributed by atoms with Crippen molar-refractivity contribution in [3.8, 4) is 11.1 Å². The van der Waals surface area contributed by atoms with E-state index in [2.05, 4.69) is 0 Å². The van der Waals surface area contributed by atoms with Gasteiger partial charge in [-0.25, -0.2) is 0 Å². The van der Waals surface area contributed by atoms with Crippen LogP contribution >= 0.6 is 11.6 Å². The van der Waals surface area contributed by atoms with Gasteiger partial charge in [0.1, 0.15) is 0 Å². The topological polar surface area (TPSA) is 57.5 Å². The average Bonchev–Trinajstić information content (AvgIpc) is 2.52. The second-order valence-corrected chi connectivity index (χ2v) is 5.72. The summed E-state index contributed by atoms with van der Waals surface area (Å²) in [5.74, 6) is -0.790. The molecule has 0 amide bonds. The normalized spacial score (nSPS) is 12.1. The molecule has 0 aliphatic rings. The number of aliphatic hydroxyl groups is 1. The van der Waals surface area contributed by atoms with Gasteiger partial charge in [0.15, 0.2) is 0 Å². The number of halogens is 1. The molecule has 0 unspecified atom stereocenters. The zero-order valence-electron chi connectivity index (χ0n) is 12.2. The summed E-state index contributed by atoms with van der Waals surface area (Å²) in [4.78, 5) is 10.4. The van der Waals surface area contributed by atoms with Gasteiger partial charge in [-0.15, -0.1) is 0 Å². The zero-order valence-corrected chi connectivity index (χ0v) is 13.0. The Kier molecular flexibility index (Phi) is 5.99. The largest absolute Gasteiger partial charge is 0.481 e. The Morgan fingerprint density at radius 1 is 0.955 bits per heavy atom. The van der Waals surface area contributed by atoms with E-state index in [-0.39, 0.29) is 6.42 Å². The lowest BCUT2D eigenvalue weighted by Crippen LogP contribution is -1.99. The first-order valence-corrected chi connectivity index (χ1v) is 7.70. The van der Waals surface area contributed by atoms with Crippen molar-refractivity contribution in [3.63, 3.8) is 0 Å². The molecule has 4 heteroatoms. The number of aliphatic carboxylic acids is 1. The fraction of sp³-hybridized carbons (Fsp3) is 0.278. The van der Waals surface area contributed by atoms with E-state index in [4.69, 9.17) is 16.7 Å². The lowest BCUT2D eigenvalue weighted by Gasteiger charge is -2.11. The van der Waals surface area contributed by atoms with E-state index in [1.54, 1.807) is 0 Å². The highest BCUT2D eigenvalue weighted by Crippen LogP contribution is 2.25. The number of rotatable bonds is 7. The Balaban J connectivity index is 1.93. The Morgan fingerprint density at radius 2 is 1.50 bits per heavy atom. The van der Waals surface area contributed by atoms with Crippen molar-refractivity contribution >= 4 is 17.6 Å². The van der Waals surface area contributed by atoms with Crippen LogP contribution in [-0.4, -0.2) is 16.2 Å². The molecule has 2 aromatic rings. The van der Waals surface area contributed by atoms with E-state index in [0.29, 0.717) is 24.3 Å². The van der Waals surface area contributed by atoms with Gasteiger partial charge >= 0.3 is 5.97 Å². The molecular formula is C18H19ClO3. The van der Waals surface area contributed by atoms with Crippen LogP contribution in [0.2, 0.25) is 5.02 Å². The molecule has 0 radical (unpaired) electrons. The summed E-state index contributed by atoms with van der Waals surface area (Å²) < 4.78 is 0. The van der Waals surface area contributed by atoms with Crippen LogP contribution < -0.4 is 0 Å². The van der Waals surface area contributed by atoms with Gasteiger partial charge in [0.2, 0.25) is 0 Å². The minimum atomic E-state index is -0.790. The molecule has 2 aromatic carbocycles. The highest BCUT2D eigenvalue weighted by molar-refractivity contribution is 6.30. The first-order chi connectivity index (χ1) is 10.6. The molecule has 0 saturated carbocycles. The third-order valence-electron chi connectivity index (χ3n) is 3.59. The van der Waals surface area contributed by atoms with Crippen LogP contribution in [-0.2, 0) is 4.79 Å². The summed E-state index contributed by atoms with van der Waals surface area (Å²) in [7, 11) is 0. The summed E-state index contributed by atoms with van der Waals surface area (Å²) in [6.07, 6.45) is 1.48. The van der Waals surface area contributed by atoms with E-state index in [1.165, 1.54) is 0 Å². The summed E-state index contributed by atoms with van der Waals surface area (Å²) in [6, 6.07) is 15.4. The van der Waals surface area contributed by atoms with Crippen molar-refractivity contribution in [2.24, 2.45) is 0 Å². The average molecular weight is 319 g/mol. The monoisotopic (exact) mass is 318 g/mol. The third-order valence-corrected chi connectivity index (χ3v) is 3.84. The van der Waals surface area contributed by atoms with Crippen molar-refractivity contribution in [2.75, 3.05) is 0 Å². The number of aliphatic hydroxyl groups excluding tert-OH is 1. The van der Waals surface area contributed by atoms with Gasteiger partial charge < -0.3 is 10.2 Å². The SMILES string of the molecule is O=C(O)CCCC[C@@H](O)c1ccc(-c2ccc(Cl)cc2)cc1. The second-order valence-electron chi connectivity index (χ2n) is 5.28. The molecule has 0 saturated heterocycles. The Labute approximate surface area is 135 Å². The minimum absolute atomic E-state index is 0.155. The molecule has 1 atom stereocenters. The molecule has 3 nitrogen and oxygen atoms in total. The number of hydrogen-bond donors (Lipinski definition) is 2. The predicted octanol–water partition coefficient (Wildman–Crippen LogP) is 4.69. The zero-order chi connectivity index (χ0) is 15.9. The summed E-state index contributed by atoms with van der Waals surface area (Å²) in [5, 5.41) is 19.4. The van der Waals surface area contributed by atoms with Crippen LogP contribution in [0.1, 0.15) is 37.4 Å². The summed E-state index contributed by atoms with van der Waals surface area (Å²) in [6.45, 7) is 0. The van der Waals surface area contributed by atoms with Crippen molar-refractivity contribution in [3.05, 3.63) is 59.1 Å². The molecule has 0 aliphatic carbocycles. The summed E-state index contributed by atoms with van der Waals surface area (Å²) in [5.41, 5.74) is 3.00. The van der Waals surface area contributed by atoms with Gasteiger partial charge in [0, 0.05) is 11.4 Å². The number of unbranched alkanes of at least 4 members (excludes halogenated alkanes) is 1. The Bertz CT molecular complexity index is 605. The maximum Gasteiger partial charge on any atom is 0.303 e. The van der Waals surface area contributed by atoms with Crippen LogP contribution in [0, 0.1) is 0 Å². The highest BCUT2D eigenvalue weighted by Gasteiger charge is 2.08. The van der Waals surface area contributed by atoms with Crippen LogP contribution in [0.3, 0.4) is 0 Å². The Hall–Kier alpha value is -1.84. The van der Waals surface area contributed by atoms with Gasteiger partial charge in [-0.2, -0.15) is 0 Å². The smallest absolute Gasteiger partial charge is 0.303 e. The third kappa shape index (κ3) is 4.86. The Morgan fingerprint density at radius 3 is 2.05 bits per heavy atom. The van der Waals surface area contributed by atoms with Crippen molar-refractivity contribution in [2.45, 2.75) is 31.8 Å². The van der Waals surface area contributed by atoms with Gasteiger partial charge in [-0.3, -0.25) is 4.79 Å². The molecule has 0 aliphatic heterocycles. The number of carboxylic acid groups (broad SMARTS) is 1. The maximum absolute atomic E-state index is 10.4. The van der Waals surface area contributed by atoms with E-state index < -0.39 is 12.1 Å². The number of carbonyl (C=O) groups is 1. The van der Waals surface area contributed by atoms with E-state index in [9.17, 15) is 9.90 Å². The van der Waals surface area contributed by atoms with Crippen LogP contribution in [0.25, 0.3) is 11.1 Å². The molecule has 22 heavy (non-hydrogen) atoms. The summed E-state index contributed by atoms with van der Waals surface area (Å²) >= 11 is 5.88. The maximum atomic E-state index is 10.4. The van der Waals surface area contributed by atoms with Crippen molar-refractivity contribution < 1.29 is 15.0 Å². The van der Waals surface area contributed by atoms with E-state index >= 15 is 0 Å². The molecule has 0 bridgehead atoms. The van der Waals surface area contributed by atoms with Gasteiger partial charge in [0.05, 0.1) is 6.10 Å². The molecule has 2 N–H and O–H groups in total. The highest BCUT2D eigenvalue weighted by atomic mass is 35.5. The first kappa shape index (κ1) is 16.5. The van der Waals surface area contributed by atoms with Crippen LogP contribution in [0.5, 0.6) is 0 Å². The fourth-order valence-corrected chi connectivity index (χ4v) is 2.45. The molecular weight excluding hydrogens is 300 g/mol. The quantitative estimate of drug-likeness (QED) is 0.728. The fourth-order valence-electron chi connectivity index (χ4n) is 2.32. The molecule has 2 rings (SSSR count). The first-order valence-electron chi connectivity index (χ1n) is 7.32. The lowest BCUT2D eigenvalue weighted by molar-refractivity contribution is -0.137. The van der Waals surface area contributed by atoms with Gasteiger partial charge in [0.25, 0.3) is 0 Å². The molecule has 0 aromatic heterocycles. The van der Waals surface area contributed by atoms with E-state index in [0.717, 1.165) is 16.7 Å². The number of carboxylic acids is 1. The number of benzene rings is 2. The number of hydrogen-bond acceptors (Lipinski definition) is 2. The molecule has 116 valence electrons.